The molecule has 0 bridgehead atoms. The lowest BCUT2D eigenvalue weighted by Gasteiger charge is -2.18. The Kier molecular flexibility index (Phi) is 7.26. The Hall–Kier alpha value is -2.56. The molecule has 134 valence electrons. The third-order valence-electron chi connectivity index (χ3n) is 3.86. The van der Waals surface area contributed by atoms with Gasteiger partial charge in [-0.15, -0.1) is 0 Å². The first-order chi connectivity index (χ1) is 12.1. The van der Waals surface area contributed by atoms with Crippen molar-refractivity contribution in [1.29, 1.82) is 0 Å². The number of rotatable bonds is 9. The zero-order chi connectivity index (χ0) is 18.1. The third-order valence-corrected chi connectivity index (χ3v) is 3.86. The van der Waals surface area contributed by atoms with Crippen LogP contribution in [-0.4, -0.2) is 25.7 Å². The van der Waals surface area contributed by atoms with Crippen LogP contribution in [0.25, 0.3) is 0 Å². The fourth-order valence-corrected chi connectivity index (χ4v) is 2.46. The van der Waals surface area contributed by atoms with Crippen molar-refractivity contribution in [3.8, 4) is 11.5 Å². The highest BCUT2D eigenvalue weighted by Gasteiger charge is 2.19. The molecule has 5 heteroatoms. The van der Waals surface area contributed by atoms with Crippen LogP contribution >= 0.6 is 0 Å². The molecule has 4 nitrogen and oxygen atoms in total. The van der Waals surface area contributed by atoms with Gasteiger partial charge in [0.2, 0.25) is 0 Å². The molecule has 1 N–H and O–H groups in total. The van der Waals surface area contributed by atoms with Gasteiger partial charge in [0.15, 0.2) is 17.6 Å². The Morgan fingerprint density at radius 1 is 1.12 bits per heavy atom. The number of nitrogens with one attached hydrogen (secondary N) is 1. The van der Waals surface area contributed by atoms with E-state index in [1.807, 2.05) is 19.1 Å². The molecular formula is C20H24FNO3. The molecule has 0 aliphatic rings. The van der Waals surface area contributed by atoms with Gasteiger partial charge in [0, 0.05) is 6.54 Å². The monoisotopic (exact) mass is 345 g/mol. The second-order valence-corrected chi connectivity index (χ2v) is 5.69. The summed E-state index contributed by atoms with van der Waals surface area (Å²) in [6, 6.07) is 13.7. The van der Waals surface area contributed by atoms with Crippen molar-refractivity contribution in [2.45, 2.75) is 32.3 Å². The van der Waals surface area contributed by atoms with E-state index in [1.54, 1.807) is 31.4 Å². The molecule has 0 spiro atoms. The minimum atomic E-state index is -0.567. The summed E-state index contributed by atoms with van der Waals surface area (Å²) in [4.78, 5) is 12.3. The Labute approximate surface area is 148 Å². The van der Waals surface area contributed by atoms with E-state index in [0.29, 0.717) is 24.5 Å². The molecule has 25 heavy (non-hydrogen) atoms. The highest BCUT2D eigenvalue weighted by atomic mass is 19.1. The number of hydrogen-bond acceptors (Lipinski definition) is 3. The van der Waals surface area contributed by atoms with Crippen LogP contribution in [0, 0.1) is 5.82 Å². The number of methoxy groups -OCH3 is 1. The number of benzene rings is 2. The van der Waals surface area contributed by atoms with E-state index >= 15 is 0 Å². The largest absolute Gasteiger partial charge is 0.493 e. The lowest BCUT2D eigenvalue weighted by Crippen LogP contribution is -2.38. The maximum atomic E-state index is 12.9. The number of para-hydroxylation sites is 2. The second-order valence-electron chi connectivity index (χ2n) is 5.69. The summed E-state index contributed by atoms with van der Waals surface area (Å²) in [5.74, 6) is 0.771. The molecule has 0 unspecified atom stereocenters. The number of halogens is 1. The average molecular weight is 345 g/mol. The van der Waals surface area contributed by atoms with Crippen molar-refractivity contribution in [2.24, 2.45) is 0 Å². The Bertz CT molecular complexity index is 673. The van der Waals surface area contributed by atoms with E-state index in [0.717, 1.165) is 18.4 Å². The smallest absolute Gasteiger partial charge is 0.261 e. The van der Waals surface area contributed by atoms with Gasteiger partial charge >= 0.3 is 0 Å². The molecule has 2 rings (SSSR count). The minimum absolute atomic E-state index is 0.146. The standard InChI is InChI=1S/C20H24FNO3/c1-3-17(25-19-9-5-4-8-18(19)24-2)20(23)22-14-6-7-15-10-12-16(21)13-11-15/h4-5,8-13,17H,3,6-7,14H2,1-2H3,(H,22,23)/t17-/m0/s1. The lowest BCUT2D eigenvalue weighted by molar-refractivity contribution is -0.128. The van der Waals surface area contributed by atoms with E-state index in [4.69, 9.17) is 9.47 Å². The van der Waals surface area contributed by atoms with E-state index in [1.165, 1.54) is 12.1 Å². The van der Waals surface area contributed by atoms with Gasteiger partial charge in [0.1, 0.15) is 5.82 Å². The number of aryl methyl sites for hydroxylation is 1. The summed E-state index contributed by atoms with van der Waals surface area (Å²) in [6.45, 7) is 2.44. The van der Waals surface area contributed by atoms with Crippen LogP contribution in [0.1, 0.15) is 25.3 Å². The van der Waals surface area contributed by atoms with Crippen LogP contribution < -0.4 is 14.8 Å². The van der Waals surface area contributed by atoms with Crippen molar-refractivity contribution in [3.05, 3.63) is 59.9 Å². The van der Waals surface area contributed by atoms with Crippen molar-refractivity contribution in [3.63, 3.8) is 0 Å². The highest BCUT2D eigenvalue weighted by Crippen LogP contribution is 2.27. The predicted octanol–water partition coefficient (Wildman–Crippen LogP) is 3.74. The van der Waals surface area contributed by atoms with Gasteiger partial charge in [0.05, 0.1) is 7.11 Å². The molecule has 0 aromatic heterocycles. The number of carbonyl (C=O) groups excluding carboxylic acids is 1. The predicted molar refractivity (Wildman–Crippen MR) is 95.4 cm³/mol. The number of ether oxygens (including phenoxy) is 2. The first-order valence-corrected chi connectivity index (χ1v) is 8.46. The van der Waals surface area contributed by atoms with Crippen molar-refractivity contribution in [1.82, 2.24) is 5.32 Å². The zero-order valence-corrected chi connectivity index (χ0v) is 14.6. The third kappa shape index (κ3) is 5.78. The second kappa shape index (κ2) is 9.67. The van der Waals surface area contributed by atoms with E-state index < -0.39 is 6.10 Å². The Balaban J connectivity index is 1.80. The van der Waals surface area contributed by atoms with Crippen molar-refractivity contribution < 1.29 is 18.7 Å². The molecule has 0 heterocycles. The van der Waals surface area contributed by atoms with Crippen LogP contribution in [0.4, 0.5) is 4.39 Å². The number of hydrogen-bond donors (Lipinski definition) is 1. The molecule has 0 aliphatic heterocycles. The summed E-state index contributed by atoms with van der Waals surface area (Å²) in [7, 11) is 1.57. The van der Waals surface area contributed by atoms with Crippen LogP contribution in [0.3, 0.4) is 0 Å². The molecule has 0 radical (unpaired) electrons. The van der Waals surface area contributed by atoms with Gasteiger partial charge < -0.3 is 14.8 Å². The van der Waals surface area contributed by atoms with Crippen LogP contribution in [0.5, 0.6) is 11.5 Å². The minimum Gasteiger partial charge on any atom is -0.493 e. The number of carbonyl (C=O) groups is 1. The summed E-state index contributed by atoms with van der Waals surface area (Å²) in [5, 5.41) is 2.89. The molecule has 1 atom stereocenters. The Morgan fingerprint density at radius 2 is 1.80 bits per heavy atom. The molecule has 1 amide bonds. The molecular weight excluding hydrogens is 321 g/mol. The molecule has 0 saturated heterocycles. The molecule has 2 aromatic carbocycles. The maximum Gasteiger partial charge on any atom is 0.261 e. The first-order valence-electron chi connectivity index (χ1n) is 8.46. The normalized spacial score (nSPS) is 11.6. The SMILES string of the molecule is CC[C@H](Oc1ccccc1OC)C(=O)NCCCc1ccc(F)cc1. The van der Waals surface area contributed by atoms with E-state index in [9.17, 15) is 9.18 Å². The summed E-state index contributed by atoms with van der Waals surface area (Å²) >= 11 is 0. The van der Waals surface area contributed by atoms with Gasteiger partial charge in [-0.25, -0.2) is 4.39 Å². The van der Waals surface area contributed by atoms with Crippen LogP contribution in [0.2, 0.25) is 0 Å². The molecule has 0 fully saturated rings. The van der Waals surface area contributed by atoms with Gasteiger partial charge in [-0.3, -0.25) is 4.79 Å². The summed E-state index contributed by atoms with van der Waals surface area (Å²) in [6.07, 6.45) is 1.55. The number of amides is 1. The quantitative estimate of drug-likeness (QED) is 0.704. The van der Waals surface area contributed by atoms with Crippen LogP contribution in [0.15, 0.2) is 48.5 Å². The fourth-order valence-electron chi connectivity index (χ4n) is 2.46. The van der Waals surface area contributed by atoms with Crippen molar-refractivity contribution in [2.75, 3.05) is 13.7 Å². The van der Waals surface area contributed by atoms with Gasteiger partial charge in [-0.1, -0.05) is 31.2 Å². The zero-order valence-electron chi connectivity index (χ0n) is 14.6. The first kappa shape index (κ1) is 18.8. The lowest BCUT2D eigenvalue weighted by atomic mass is 10.1. The molecule has 2 aromatic rings. The van der Waals surface area contributed by atoms with E-state index in [-0.39, 0.29) is 11.7 Å². The molecule has 0 saturated carbocycles. The Morgan fingerprint density at radius 3 is 2.44 bits per heavy atom. The van der Waals surface area contributed by atoms with Gasteiger partial charge in [-0.05, 0) is 49.1 Å². The highest BCUT2D eigenvalue weighted by molar-refractivity contribution is 5.81. The molecule has 0 aliphatic carbocycles. The maximum absolute atomic E-state index is 12.9. The van der Waals surface area contributed by atoms with Gasteiger partial charge in [0.25, 0.3) is 5.91 Å². The van der Waals surface area contributed by atoms with E-state index in [2.05, 4.69) is 5.32 Å². The van der Waals surface area contributed by atoms with Crippen molar-refractivity contribution >= 4 is 5.91 Å². The van der Waals surface area contributed by atoms with Crippen LogP contribution in [-0.2, 0) is 11.2 Å². The van der Waals surface area contributed by atoms with Gasteiger partial charge in [-0.2, -0.15) is 0 Å². The fraction of sp³-hybridized carbons (Fsp3) is 0.350. The average Bonchev–Trinajstić information content (AvgIpc) is 2.64. The summed E-state index contributed by atoms with van der Waals surface area (Å²) in [5.41, 5.74) is 1.05. The topological polar surface area (TPSA) is 47.6 Å². The summed E-state index contributed by atoms with van der Waals surface area (Å²) < 4.78 is 23.9.